The summed E-state index contributed by atoms with van der Waals surface area (Å²) in [6, 6.07) is 8.09. The molecule has 78 valence electrons. The Balaban J connectivity index is 2.47. The van der Waals surface area contributed by atoms with Crippen molar-refractivity contribution in [3.05, 3.63) is 36.0 Å². The van der Waals surface area contributed by atoms with Crippen molar-refractivity contribution >= 4 is 16.9 Å². The number of aryl methyl sites for hydroxylation is 1. The number of carbonyl (C=O) groups is 1. The summed E-state index contributed by atoms with van der Waals surface area (Å²) in [5.41, 5.74) is 2.25. The van der Waals surface area contributed by atoms with E-state index in [9.17, 15) is 4.79 Å². The fourth-order valence-electron chi connectivity index (χ4n) is 1.75. The van der Waals surface area contributed by atoms with E-state index >= 15 is 0 Å². The highest BCUT2D eigenvalue weighted by atomic mass is 16.4. The van der Waals surface area contributed by atoms with Gasteiger partial charge < -0.3 is 9.67 Å². The first-order chi connectivity index (χ1) is 7.20. The molecule has 0 saturated heterocycles. The van der Waals surface area contributed by atoms with Gasteiger partial charge in [0.1, 0.15) is 6.54 Å². The highest BCUT2D eigenvalue weighted by molar-refractivity contribution is 5.82. The van der Waals surface area contributed by atoms with Gasteiger partial charge in [0.2, 0.25) is 0 Å². The van der Waals surface area contributed by atoms with E-state index in [4.69, 9.17) is 5.11 Å². The smallest absolute Gasteiger partial charge is 0.323 e. The summed E-state index contributed by atoms with van der Waals surface area (Å²) in [6.45, 7) is 2.13. The number of hydrogen-bond acceptors (Lipinski definition) is 1. The van der Waals surface area contributed by atoms with Gasteiger partial charge in [0, 0.05) is 11.7 Å². The van der Waals surface area contributed by atoms with Crippen LogP contribution in [0.25, 0.3) is 10.9 Å². The van der Waals surface area contributed by atoms with Crippen molar-refractivity contribution in [2.24, 2.45) is 0 Å². The second-order valence-corrected chi connectivity index (χ2v) is 3.58. The maximum absolute atomic E-state index is 10.6. The molecule has 0 aliphatic rings. The van der Waals surface area contributed by atoms with Crippen LogP contribution in [0.2, 0.25) is 0 Å². The molecular formula is C12H13NO2. The van der Waals surface area contributed by atoms with E-state index in [0.29, 0.717) is 0 Å². The molecule has 0 aliphatic carbocycles. The van der Waals surface area contributed by atoms with E-state index in [0.717, 1.165) is 17.3 Å². The quantitative estimate of drug-likeness (QED) is 0.831. The van der Waals surface area contributed by atoms with Crippen molar-refractivity contribution < 1.29 is 9.90 Å². The zero-order valence-corrected chi connectivity index (χ0v) is 8.60. The van der Waals surface area contributed by atoms with E-state index in [1.54, 1.807) is 4.57 Å². The molecule has 0 spiro atoms. The Hall–Kier alpha value is -1.77. The summed E-state index contributed by atoms with van der Waals surface area (Å²) >= 11 is 0. The van der Waals surface area contributed by atoms with Gasteiger partial charge >= 0.3 is 5.97 Å². The Bertz CT molecular complexity index is 499. The number of rotatable bonds is 3. The van der Waals surface area contributed by atoms with Crippen molar-refractivity contribution in [2.45, 2.75) is 19.9 Å². The fraction of sp³-hybridized carbons (Fsp3) is 0.250. The van der Waals surface area contributed by atoms with Gasteiger partial charge in [-0.2, -0.15) is 0 Å². The number of hydrogen-bond donors (Lipinski definition) is 1. The van der Waals surface area contributed by atoms with Crippen molar-refractivity contribution in [1.29, 1.82) is 0 Å². The van der Waals surface area contributed by atoms with E-state index in [-0.39, 0.29) is 6.54 Å². The minimum Gasteiger partial charge on any atom is -0.480 e. The molecule has 0 saturated carbocycles. The van der Waals surface area contributed by atoms with Crippen LogP contribution in [-0.2, 0) is 17.8 Å². The molecule has 0 bridgehead atoms. The molecule has 1 aromatic heterocycles. The first-order valence-corrected chi connectivity index (χ1v) is 5.00. The highest BCUT2D eigenvalue weighted by Gasteiger charge is 2.04. The largest absolute Gasteiger partial charge is 0.480 e. The van der Waals surface area contributed by atoms with Crippen molar-refractivity contribution in [3.8, 4) is 0 Å². The van der Waals surface area contributed by atoms with Crippen LogP contribution in [-0.4, -0.2) is 15.6 Å². The minimum absolute atomic E-state index is 0.0228. The number of carboxylic acids is 1. The van der Waals surface area contributed by atoms with E-state index in [1.165, 1.54) is 5.56 Å². The number of aliphatic carboxylic acids is 1. The molecule has 0 atom stereocenters. The van der Waals surface area contributed by atoms with Crippen molar-refractivity contribution in [3.63, 3.8) is 0 Å². The lowest BCUT2D eigenvalue weighted by Gasteiger charge is -2.02. The Kier molecular flexibility index (Phi) is 2.46. The van der Waals surface area contributed by atoms with Gasteiger partial charge in [-0.05, 0) is 35.6 Å². The van der Waals surface area contributed by atoms with E-state index in [2.05, 4.69) is 13.0 Å². The van der Waals surface area contributed by atoms with Crippen LogP contribution in [0.1, 0.15) is 12.5 Å². The zero-order chi connectivity index (χ0) is 10.8. The molecule has 3 nitrogen and oxygen atoms in total. The lowest BCUT2D eigenvalue weighted by atomic mass is 10.1. The topological polar surface area (TPSA) is 42.2 Å². The number of nitrogens with zero attached hydrogens (tertiary/aromatic N) is 1. The zero-order valence-electron chi connectivity index (χ0n) is 8.60. The van der Waals surface area contributed by atoms with Crippen LogP contribution in [0.5, 0.6) is 0 Å². The second kappa shape index (κ2) is 3.77. The number of fused-ring (bicyclic) bond motifs is 1. The predicted molar refractivity (Wildman–Crippen MR) is 59.0 cm³/mol. The standard InChI is InChI=1S/C12H13NO2/c1-2-9-3-4-11-10(7-9)5-6-13(11)8-12(14)15/h3-7H,2,8H2,1H3,(H,14,15). The molecular weight excluding hydrogens is 190 g/mol. The van der Waals surface area contributed by atoms with Gasteiger partial charge in [0.25, 0.3) is 0 Å². The molecule has 2 aromatic rings. The maximum Gasteiger partial charge on any atom is 0.323 e. The van der Waals surface area contributed by atoms with E-state index < -0.39 is 5.97 Å². The van der Waals surface area contributed by atoms with Crippen LogP contribution in [0.3, 0.4) is 0 Å². The first kappa shape index (κ1) is 9.77. The summed E-state index contributed by atoms with van der Waals surface area (Å²) in [5.74, 6) is -0.813. The molecule has 1 aromatic carbocycles. The average Bonchev–Trinajstić information content (AvgIpc) is 2.60. The minimum atomic E-state index is -0.813. The summed E-state index contributed by atoms with van der Waals surface area (Å²) in [4.78, 5) is 10.6. The normalized spacial score (nSPS) is 10.7. The molecule has 0 fully saturated rings. The van der Waals surface area contributed by atoms with Crippen molar-refractivity contribution in [1.82, 2.24) is 4.57 Å². The maximum atomic E-state index is 10.6. The average molecular weight is 203 g/mol. The van der Waals surface area contributed by atoms with Crippen LogP contribution >= 0.6 is 0 Å². The van der Waals surface area contributed by atoms with Crippen molar-refractivity contribution in [2.75, 3.05) is 0 Å². The van der Waals surface area contributed by atoms with Gasteiger partial charge in [-0.25, -0.2) is 0 Å². The third-order valence-electron chi connectivity index (χ3n) is 2.55. The van der Waals surface area contributed by atoms with E-state index in [1.807, 2.05) is 24.4 Å². The SMILES string of the molecule is CCc1ccc2c(ccn2CC(=O)O)c1. The third-order valence-corrected chi connectivity index (χ3v) is 2.55. The molecule has 1 N–H and O–H groups in total. The molecule has 0 radical (unpaired) electrons. The number of carboxylic acid groups (broad SMARTS) is 1. The van der Waals surface area contributed by atoms with Crippen LogP contribution < -0.4 is 0 Å². The monoisotopic (exact) mass is 203 g/mol. The lowest BCUT2D eigenvalue weighted by molar-refractivity contribution is -0.137. The highest BCUT2D eigenvalue weighted by Crippen LogP contribution is 2.17. The Morgan fingerprint density at radius 2 is 2.20 bits per heavy atom. The molecule has 15 heavy (non-hydrogen) atoms. The van der Waals surface area contributed by atoms with Crippen LogP contribution in [0.4, 0.5) is 0 Å². The van der Waals surface area contributed by atoms with Gasteiger partial charge in [-0.1, -0.05) is 13.0 Å². The number of benzene rings is 1. The Morgan fingerprint density at radius 3 is 2.87 bits per heavy atom. The van der Waals surface area contributed by atoms with Gasteiger partial charge in [0.05, 0.1) is 0 Å². The van der Waals surface area contributed by atoms with Crippen LogP contribution in [0.15, 0.2) is 30.5 Å². The molecule has 0 amide bonds. The predicted octanol–water partition coefficient (Wildman–Crippen LogP) is 2.29. The third kappa shape index (κ3) is 1.86. The Morgan fingerprint density at radius 1 is 1.40 bits per heavy atom. The Labute approximate surface area is 87.9 Å². The molecule has 1 heterocycles. The molecule has 2 rings (SSSR count). The van der Waals surface area contributed by atoms with Crippen LogP contribution in [0, 0.1) is 0 Å². The first-order valence-electron chi connectivity index (χ1n) is 5.00. The molecule has 0 unspecified atom stereocenters. The molecule has 3 heteroatoms. The molecule has 0 aliphatic heterocycles. The summed E-state index contributed by atoms with van der Waals surface area (Å²) in [7, 11) is 0. The van der Waals surface area contributed by atoms with Gasteiger partial charge in [-0.15, -0.1) is 0 Å². The number of aromatic nitrogens is 1. The summed E-state index contributed by atoms with van der Waals surface area (Å²) < 4.78 is 1.75. The fourth-order valence-corrected chi connectivity index (χ4v) is 1.75. The summed E-state index contributed by atoms with van der Waals surface area (Å²) in [5, 5.41) is 9.83. The second-order valence-electron chi connectivity index (χ2n) is 3.58. The van der Waals surface area contributed by atoms with Gasteiger partial charge in [0.15, 0.2) is 0 Å². The summed E-state index contributed by atoms with van der Waals surface area (Å²) in [6.07, 6.45) is 2.82. The van der Waals surface area contributed by atoms with Gasteiger partial charge in [-0.3, -0.25) is 4.79 Å². The lowest BCUT2D eigenvalue weighted by Crippen LogP contribution is -2.07.